The standard InChI is InChI=1S/C17H29N3O/c1-2-3-16(18)10-20(11-16)15(21)19-17-7-12-4-13(8-17)6-14(5-12)9-17/h12-14H,2-11,18H2,1H3,(H,19,21). The summed E-state index contributed by atoms with van der Waals surface area (Å²) in [5, 5.41) is 3.44. The Kier molecular flexibility index (Phi) is 3.04. The van der Waals surface area contributed by atoms with E-state index in [1.807, 2.05) is 4.90 Å². The van der Waals surface area contributed by atoms with Gasteiger partial charge in [-0.2, -0.15) is 0 Å². The summed E-state index contributed by atoms with van der Waals surface area (Å²) in [5.41, 5.74) is 6.29. The number of nitrogens with two attached hydrogens (primary N) is 1. The molecule has 1 heterocycles. The lowest BCUT2D eigenvalue weighted by Crippen LogP contribution is -2.72. The highest BCUT2D eigenvalue weighted by atomic mass is 16.2. The quantitative estimate of drug-likeness (QED) is 0.839. The molecule has 1 saturated heterocycles. The maximum Gasteiger partial charge on any atom is 0.317 e. The van der Waals surface area contributed by atoms with Crippen molar-refractivity contribution >= 4 is 6.03 Å². The Morgan fingerprint density at radius 2 is 1.67 bits per heavy atom. The third kappa shape index (κ3) is 2.36. The molecule has 0 spiro atoms. The molecule has 118 valence electrons. The van der Waals surface area contributed by atoms with Crippen molar-refractivity contribution in [3.8, 4) is 0 Å². The Bertz CT molecular complexity index is 406. The normalized spacial score (nSPS) is 42.8. The first kappa shape index (κ1) is 13.9. The zero-order valence-electron chi connectivity index (χ0n) is 13.2. The SMILES string of the molecule is CCCC1(N)CN(C(=O)NC23CC4CC(CC(C4)C2)C3)C1. The largest absolute Gasteiger partial charge is 0.333 e. The number of urea groups is 1. The molecule has 5 fully saturated rings. The van der Waals surface area contributed by atoms with E-state index in [9.17, 15) is 4.79 Å². The molecule has 0 aromatic heterocycles. The summed E-state index contributed by atoms with van der Waals surface area (Å²) in [6.07, 6.45) is 10.0. The van der Waals surface area contributed by atoms with Gasteiger partial charge in [0.05, 0.1) is 5.54 Å². The molecule has 0 unspecified atom stereocenters. The van der Waals surface area contributed by atoms with Gasteiger partial charge >= 0.3 is 6.03 Å². The number of amides is 2. The van der Waals surface area contributed by atoms with E-state index in [0.717, 1.165) is 43.7 Å². The lowest BCUT2D eigenvalue weighted by molar-refractivity contribution is -0.0192. The summed E-state index contributed by atoms with van der Waals surface area (Å²) in [7, 11) is 0. The van der Waals surface area contributed by atoms with Gasteiger partial charge in [0.2, 0.25) is 0 Å². The Morgan fingerprint density at radius 1 is 1.14 bits per heavy atom. The second-order valence-corrected chi connectivity index (χ2v) is 8.60. The zero-order chi connectivity index (χ0) is 14.7. The molecule has 0 radical (unpaired) electrons. The van der Waals surface area contributed by atoms with Gasteiger partial charge in [-0.25, -0.2) is 4.79 Å². The number of carbonyl (C=O) groups is 1. The minimum absolute atomic E-state index is 0.117. The van der Waals surface area contributed by atoms with E-state index >= 15 is 0 Å². The van der Waals surface area contributed by atoms with Crippen LogP contribution in [0, 0.1) is 17.8 Å². The highest BCUT2D eigenvalue weighted by molar-refractivity contribution is 5.76. The first-order valence-corrected chi connectivity index (χ1v) is 8.85. The number of hydrogen-bond acceptors (Lipinski definition) is 2. The Hall–Kier alpha value is -0.770. The molecule has 0 aromatic rings. The lowest BCUT2D eigenvalue weighted by Gasteiger charge is -2.58. The van der Waals surface area contributed by atoms with Crippen molar-refractivity contribution in [1.82, 2.24) is 10.2 Å². The van der Waals surface area contributed by atoms with E-state index in [-0.39, 0.29) is 17.1 Å². The minimum Gasteiger partial charge on any atom is -0.333 e. The Balaban J connectivity index is 1.37. The van der Waals surface area contributed by atoms with Gasteiger partial charge in [0.15, 0.2) is 0 Å². The van der Waals surface area contributed by atoms with Gasteiger partial charge < -0.3 is 16.0 Å². The number of nitrogens with zero attached hydrogens (tertiary/aromatic N) is 1. The highest BCUT2D eigenvalue weighted by Gasteiger charge is 2.52. The summed E-state index contributed by atoms with van der Waals surface area (Å²) >= 11 is 0. The molecule has 5 aliphatic rings. The monoisotopic (exact) mass is 291 g/mol. The predicted molar refractivity (Wildman–Crippen MR) is 82.8 cm³/mol. The van der Waals surface area contributed by atoms with Crippen LogP contribution in [0.4, 0.5) is 4.79 Å². The van der Waals surface area contributed by atoms with Crippen molar-refractivity contribution < 1.29 is 4.79 Å². The number of rotatable bonds is 3. The molecule has 0 aromatic carbocycles. The fraction of sp³-hybridized carbons (Fsp3) is 0.941. The second kappa shape index (κ2) is 4.61. The average molecular weight is 291 g/mol. The highest BCUT2D eigenvalue weighted by Crippen LogP contribution is 2.55. The van der Waals surface area contributed by atoms with Gasteiger partial charge in [0.25, 0.3) is 0 Å². The molecule has 21 heavy (non-hydrogen) atoms. The summed E-state index contributed by atoms with van der Waals surface area (Å²) in [6.45, 7) is 3.63. The number of hydrogen-bond donors (Lipinski definition) is 2. The van der Waals surface area contributed by atoms with Gasteiger partial charge in [-0.05, 0) is 62.7 Å². The summed E-state index contributed by atoms with van der Waals surface area (Å²) < 4.78 is 0. The smallest absolute Gasteiger partial charge is 0.317 e. The van der Waals surface area contributed by atoms with Crippen LogP contribution in [-0.2, 0) is 0 Å². The number of carbonyl (C=O) groups excluding carboxylic acids is 1. The number of likely N-dealkylation sites (tertiary alicyclic amines) is 1. The van der Waals surface area contributed by atoms with E-state index in [4.69, 9.17) is 5.73 Å². The van der Waals surface area contributed by atoms with Gasteiger partial charge in [-0.3, -0.25) is 0 Å². The molecule has 4 heteroatoms. The van der Waals surface area contributed by atoms with Crippen LogP contribution in [0.3, 0.4) is 0 Å². The molecule has 5 rings (SSSR count). The molecule has 4 bridgehead atoms. The Labute approximate surface area is 127 Å². The first-order chi connectivity index (χ1) is 9.99. The van der Waals surface area contributed by atoms with Crippen LogP contribution in [0.1, 0.15) is 58.3 Å². The van der Waals surface area contributed by atoms with Crippen LogP contribution in [-0.4, -0.2) is 35.1 Å². The predicted octanol–water partition coefficient (Wildman–Crippen LogP) is 2.48. The van der Waals surface area contributed by atoms with E-state index in [0.29, 0.717) is 0 Å². The molecule has 1 aliphatic heterocycles. The van der Waals surface area contributed by atoms with Crippen LogP contribution >= 0.6 is 0 Å². The van der Waals surface area contributed by atoms with E-state index in [2.05, 4.69) is 12.2 Å². The fourth-order valence-electron chi connectivity index (χ4n) is 6.08. The van der Waals surface area contributed by atoms with Crippen molar-refractivity contribution in [2.45, 2.75) is 69.4 Å². The third-order valence-electron chi connectivity index (χ3n) is 6.46. The minimum atomic E-state index is -0.117. The van der Waals surface area contributed by atoms with Crippen LogP contribution in [0.2, 0.25) is 0 Å². The molecule has 4 aliphatic carbocycles. The third-order valence-corrected chi connectivity index (χ3v) is 6.46. The summed E-state index contributed by atoms with van der Waals surface area (Å²) in [4.78, 5) is 14.5. The van der Waals surface area contributed by atoms with Crippen LogP contribution in [0.25, 0.3) is 0 Å². The molecule has 4 saturated carbocycles. The van der Waals surface area contributed by atoms with Gasteiger partial charge in [-0.15, -0.1) is 0 Å². The number of nitrogens with one attached hydrogen (secondary N) is 1. The lowest BCUT2D eigenvalue weighted by atomic mass is 9.53. The maximum absolute atomic E-state index is 12.6. The zero-order valence-corrected chi connectivity index (χ0v) is 13.2. The van der Waals surface area contributed by atoms with Crippen LogP contribution in [0.5, 0.6) is 0 Å². The Morgan fingerprint density at radius 3 is 2.14 bits per heavy atom. The van der Waals surface area contributed by atoms with Gasteiger partial charge in [-0.1, -0.05) is 13.3 Å². The van der Waals surface area contributed by atoms with E-state index in [1.54, 1.807) is 0 Å². The van der Waals surface area contributed by atoms with Gasteiger partial charge in [0, 0.05) is 18.6 Å². The molecular formula is C17H29N3O. The average Bonchev–Trinajstić information content (AvgIpc) is 2.33. The van der Waals surface area contributed by atoms with Crippen molar-refractivity contribution in [1.29, 1.82) is 0 Å². The second-order valence-electron chi connectivity index (χ2n) is 8.60. The molecule has 0 atom stereocenters. The topological polar surface area (TPSA) is 58.4 Å². The van der Waals surface area contributed by atoms with Crippen LogP contribution in [0.15, 0.2) is 0 Å². The fourth-order valence-corrected chi connectivity index (χ4v) is 6.08. The maximum atomic E-state index is 12.6. The van der Waals surface area contributed by atoms with Crippen molar-refractivity contribution in [3.63, 3.8) is 0 Å². The molecule has 4 nitrogen and oxygen atoms in total. The van der Waals surface area contributed by atoms with Crippen molar-refractivity contribution in [3.05, 3.63) is 0 Å². The molecule has 2 amide bonds. The van der Waals surface area contributed by atoms with Crippen molar-refractivity contribution in [2.24, 2.45) is 23.5 Å². The van der Waals surface area contributed by atoms with E-state index in [1.165, 1.54) is 38.5 Å². The van der Waals surface area contributed by atoms with Gasteiger partial charge in [0.1, 0.15) is 0 Å². The first-order valence-electron chi connectivity index (χ1n) is 8.85. The summed E-state index contributed by atoms with van der Waals surface area (Å²) in [6, 6.07) is 0.147. The summed E-state index contributed by atoms with van der Waals surface area (Å²) in [5.74, 6) is 2.63. The van der Waals surface area contributed by atoms with Crippen LogP contribution < -0.4 is 11.1 Å². The van der Waals surface area contributed by atoms with Crippen molar-refractivity contribution in [2.75, 3.05) is 13.1 Å². The molecular weight excluding hydrogens is 262 g/mol. The van der Waals surface area contributed by atoms with E-state index < -0.39 is 0 Å². The molecule has 3 N–H and O–H groups in total.